The second-order valence-electron chi connectivity index (χ2n) is 7.55. The summed E-state index contributed by atoms with van der Waals surface area (Å²) in [5.41, 5.74) is 4.38. The molecule has 0 spiro atoms. The summed E-state index contributed by atoms with van der Waals surface area (Å²) in [6.45, 7) is 6.42. The first-order valence-corrected chi connectivity index (χ1v) is 9.94. The number of amides is 2. The fourth-order valence-electron chi connectivity index (χ4n) is 3.60. The molecule has 2 N–H and O–H groups in total. The molecule has 0 aromatic heterocycles. The van der Waals surface area contributed by atoms with Crippen molar-refractivity contribution in [3.05, 3.63) is 64.7 Å². The predicted octanol–water partition coefficient (Wildman–Crippen LogP) is 2.32. The Kier molecular flexibility index (Phi) is 6.88. The van der Waals surface area contributed by atoms with Gasteiger partial charge in [0.05, 0.1) is 19.6 Å². The second-order valence-corrected chi connectivity index (χ2v) is 7.55. The number of hydrogen-bond donors (Lipinski definition) is 2. The predicted molar refractivity (Wildman–Crippen MR) is 113 cm³/mol. The van der Waals surface area contributed by atoms with Gasteiger partial charge >= 0.3 is 0 Å². The van der Waals surface area contributed by atoms with Crippen LogP contribution in [-0.2, 0) is 22.7 Å². The van der Waals surface area contributed by atoms with Gasteiger partial charge in [-0.05, 0) is 36.6 Å². The van der Waals surface area contributed by atoms with Gasteiger partial charge in [0.15, 0.2) is 0 Å². The lowest BCUT2D eigenvalue weighted by molar-refractivity contribution is -0.134. The number of hydrogen-bond acceptors (Lipinski definition) is 4. The minimum Gasteiger partial charge on any atom is -0.496 e. The zero-order valence-electron chi connectivity index (χ0n) is 17.3. The van der Waals surface area contributed by atoms with Gasteiger partial charge in [-0.1, -0.05) is 42.0 Å². The molecule has 1 aliphatic heterocycles. The first-order valence-electron chi connectivity index (χ1n) is 9.94. The van der Waals surface area contributed by atoms with Gasteiger partial charge in [0, 0.05) is 26.2 Å². The molecule has 0 aliphatic carbocycles. The van der Waals surface area contributed by atoms with E-state index in [1.165, 1.54) is 5.56 Å². The summed E-state index contributed by atoms with van der Waals surface area (Å²) < 4.78 is 5.32. The Hall–Kier alpha value is -2.86. The second kappa shape index (κ2) is 9.56. The van der Waals surface area contributed by atoms with Crippen molar-refractivity contribution in [1.29, 1.82) is 0 Å². The van der Waals surface area contributed by atoms with Crippen LogP contribution >= 0.6 is 0 Å². The Morgan fingerprint density at radius 3 is 2.59 bits per heavy atom. The van der Waals surface area contributed by atoms with Crippen molar-refractivity contribution in [1.82, 2.24) is 15.5 Å². The highest BCUT2D eigenvalue weighted by atomic mass is 16.5. The summed E-state index contributed by atoms with van der Waals surface area (Å²) in [5.74, 6) is 0.632. The Labute approximate surface area is 172 Å². The summed E-state index contributed by atoms with van der Waals surface area (Å²) in [4.78, 5) is 27.0. The zero-order chi connectivity index (χ0) is 20.8. The molecule has 6 nitrogen and oxygen atoms in total. The highest BCUT2D eigenvalue weighted by Crippen LogP contribution is 2.21. The molecule has 1 fully saturated rings. The monoisotopic (exact) mass is 395 g/mol. The molecule has 6 heteroatoms. The molecular weight excluding hydrogens is 366 g/mol. The highest BCUT2D eigenvalue weighted by Gasteiger charge is 2.31. The van der Waals surface area contributed by atoms with Gasteiger partial charge in [0.25, 0.3) is 0 Å². The van der Waals surface area contributed by atoms with Crippen molar-refractivity contribution >= 4 is 11.8 Å². The fourth-order valence-corrected chi connectivity index (χ4v) is 3.60. The van der Waals surface area contributed by atoms with Crippen molar-refractivity contribution in [3.63, 3.8) is 0 Å². The number of aryl methyl sites for hydroxylation is 2. The minimum atomic E-state index is -0.468. The van der Waals surface area contributed by atoms with Crippen LogP contribution in [0, 0.1) is 13.8 Å². The highest BCUT2D eigenvalue weighted by molar-refractivity contribution is 5.88. The van der Waals surface area contributed by atoms with Crippen LogP contribution in [0.25, 0.3) is 0 Å². The van der Waals surface area contributed by atoms with Crippen LogP contribution in [-0.4, -0.2) is 43.0 Å². The largest absolute Gasteiger partial charge is 0.496 e. The van der Waals surface area contributed by atoms with Gasteiger partial charge in [0.1, 0.15) is 5.75 Å². The van der Waals surface area contributed by atoms with E-state index in [1.54, 1.807) is 7.11 Å². The average Bonchev–Trinajstić information content (AvgIpc) is 2.70. The lowest BCUT2D eigenvalue weighted by Crippen LogP contribution is -2.56. The van der Waals surface area contributed by atoms with Crippen LogP contribution < -0.4 is 15.4 Å². The van der Waals surface area contributed by atoms with E-state index in [0.29, 0.717) is 26.2 Å². The molecular formula is C23H29N3O3. The summed E-state index contributed by atoms with van der Waals surface area (Å²) in [5, 5.41) is 5.82. The van der Waals surface area contributed by atoms with E-state index in [1.807, 2.05) is 50.2 Å². The molecule has 1 heterocycles. The Morgan fingerprint density at radius 2 is 1.90 bits per heavy atom. The van der Waals surface area contributed by atoms with Gasteiger partial charge < -0.3 is 15.4 Å². The molecule has 1 unspecified atom stereocenters. The third-order valence-electron chi connectivity index (χ3n) is 5.28. The third-order valence-corrected chi connectivity index (χ3v) is 5.28. The van der Waals surface area contributed by atoms with Gasteiger partial charge in [-0.3, -0.25) is 14.5 Å². The molecule has 0 bridgehead atoms. The van der Waals surface area contributed by atoms with Crippen molar-refractivity contribution in [2.24, 2.45) is 0 Å². The topological polar surface area (TPSA) is 70.7 Å². The number of carbonyl (C=O) groups is 2. The number of benzene rings is 2. The molecule has 29 heavy (non-hydrogen) atoms. The third kappa shape index (κ3) is 5.57. The number of rotatable bonds is 7. The van der Waals surface area contributed by atoms with Crippen molar-refractivity contribution in [2.45, 2.75) is 39.4 Å². The number of nitrogens with zero attached hydrogens (tertiary/aromatic N) is 1. The quantitative estimate of drug-likeness (QED) is 0.755. The molecule has 2 aromatic rings. The molecule has 1 aliphatic rings. The van der Waals surface area contributed by atoms with Crippen molar-refractivity contribution in [2.75, 3.05) is 20.2 Å². The molecule has 2 amide bonds. The molecule has 0 radical (unpaired) electrons. The normalized spacial score (nSPS) is 16.9. The van der Waals surface area contributed by atoms with Gasteiger partial charge in [-0.25, -0.2) is 0 Å². The molecule has 154 valence electrons. The van der Waals surface area contributed by atoms with E-state index in [9.17, 15) is 9.59 Å². The summed E-state index contributed by atoms with van der Waals surface area (Å²) in [6.07, 6.45) is 0.146. The lowest BCUT2D eigenvalue weighted by atomic mass is 10.0. The van der Waals surface area contributed by atoms with E-state index >= 15 is 0 Å². The van der Waals surface area contributed by atoms with Crippen molar-refractivity contribution in [3.8, 4) is 5.75 Å². The average molecular weight is 396 g/mol. The summed E-state index contributed by atoms with van der Waals surface area (Å²) in [7, 11) is 1.65. The number of ether oxygens (including phenoxy) is 1. The van der Waals surface area contributed by atoms with E-state index in [4.69, 9.17) is 4.74 Å². The number of piperazine rings is 1. The maximum absolute atomic E-state index is 12.5. The summed E-state index contributed by atoms with van der Waals surface area (Å²) >= 11 is 0. The van der Waals surface area contributed by atoms with Crippen LogP contribution in [0.5, 0.6) is 5.75 Å². The minimum absolute atomic E-state index is 0.0908. The first kappa shape index (κ1) is 20.9. The molecule has 1 atom stereocenters. The molecule has 0 saturated carbocycles. The SMILES string of the molecule is COc1ccc(CN2CCNC(=O)C2CC(=O)NCc2ccc(C)cc2)cc1C. The smallest absolute Gasteiger partial charge is 0.237 e. The zero-order valence-corrected chi connectivity index (χ0v) is 17.3. The molecule has 2 aromatic carbocycles. The van der Waals surface area contributed by atoms with E-state index in [2.05, 4.69) is 21.6 Å². The van der Waals surface area contributed by atoms with Crippen LogP contribution in [0.15, 0.2) is 42.5 Å². The van der Waals surface area contributed by atoms with E-state index in [-0.39, 0.29) is 18.2 Å². The Balaban J connectivity index is 1.61. The molecule has 1 saturated heterocycles. The van der Waals surface area contributed by atoms with Crippen LogP contribution in [0.3, 0.4) is 0 Å². The number of carbonyl (C=O) groups excluding carboxylic acids is 2. The van der Waals surface area contributed by atoms with Crippen LogP contribution in [0.1, 0.15) is 28.7 Å². The number of methoxy groups -OCH3 is 1. The molecule has 3 rings (SSSR count). The van der Waals surface area contributed by atoms with Crippen LogP contribution in [0.2, 0.25) is 0 Å². The number of nitrogens with one attached hydrogen (secondary N) is 2. The first-order chi connectivity index (χ1) is 14.0. The van der Waals surface area contributed by atoms with Crippen molar-refractivity contribution < 1.29 is 14.3 Å². The van der Waals surface area contributed by atoms with E-state index < -0.39 is 6.04 Å². The van der Waals surface area contributed by atoms with Crippen LogP contribution in [0.4, 0.5) is 0 Å². The fraction of sp³-hybridized carbons (Fsp3) is 0.391. The maximum atomic E-state index is 12.5. The maximum Gasteiger partial charge on any atom is 0.237 e. The lowest BCUT2D eigenvalue weighted by Gasteiger charge is -2.34. The Morgan fingerprint density at radius 1 is 1.17 bits per heavy atom. The Bertz CT molecular complexity index is 864. The summed E-state index contributed by atoms with van der Waals surface area (Å²) in [6, 6.07) is 13.6. The van der Waals surface area contributed by atoms with Gasteiger partial charge in [-0.15, -0.1) is 0 Å². The van der Waals surface area contributed by atoms with E-state index in [0.717, 1.165) is 22.4 Å². The van der Waals surface area contributed by atoms with Gasteiger partial charge in [0.2, 0.25) is 11.8 Å². The van der Waals surface area contributed by atoms with Gasteiger partial charge in [-0.2, -0.15) is 0 Å². The standard InChI is InChI=1S/C23H29N3O3/c1-16-4-6-18(7-5-16)14-25-22(27)13-20-23(28)24-10-11-26(20)15-19-8-9-21(29-3)17(2)12-19/h4-9,12,20H,10-11,13-15H2,1-3H3,(H,24,28)(H,25,27).